The molecule has 0 saturated carbocycles. The van der Waals surface area contributed by atoms with Gasteiger partial charge < -0.3 is 35.3 Å². The maximum atomic E-state index is 14.9. The van der Waals surface area contributed by atoms with E-state index >= 15 is 0 Å². The summed E-state index contributed by atoms with van der Waals surface area (Å²) in [5, 5.41) is 28.1. The van der Waals surface area contributed by atoms with Crippen molar-refractivity contribution in [3.63, 3.8) is 0 Å². The second-order valence-corrected chi connectivity index (χ2v) is 8.69. The van der Waals surface area contributed by atoms with Crippen LogP contribution in [0.25, 0.3) is 11.2 Å². The quantitative estimate of drug-likeness (QED) is 0.189. The van der Waals surface area contributed by atoms with Crippen molar-refractivity contribution in [1.82, 2.24) is 19.5 Å². The number of rotatable bonds is 11. The standard InChI is InChI=1S/C22H21ClFN5O9.C2H6/c23-21-27-16(25)15-17(28-21)29(9-26-15)18-13(24)5-12(38-18)7-37-22(19(32)33,20(34)35)6-10-1-3-11(4-2-10)36-8-14(30)31;1-2/h1-4,9,12-13,18H,5-8H2,(H,30,31)(H,32,33)(H,34,35)(H2,25,27,28);1-2H3. The van der Waals surface area contributed by atoms with Gasteiger partial charge in [-0.2, -0.15) is 9.97 Å². The van der Waals surface area contributed by atoms with E-state index in [1.165, 1.54) is 35.2 Å². The molecule has 14 nitrogen and oxygen atoms in total. The predicted molar refractivity (Wildman–Crippen MR) is 137 cm³/mol. The summed E-state index contributed by atoms with van der Waals surface area (Å²) < 4.78 is 32.3. The van der Waals surface area contributed by atoms with Crippen LogP contribution in [-0.4, -0.2) is 83.8 Å². The maximum Gasteiger partial charge on any atom is 0.348 e. The molecule has 3 atom stereocenters. The number of fused-ring (bicyclic) bond motifs is 1. The zero-order chi connectivity index (χ0) is 29.6. The molecule has 0 aliphatic carbocycles. The number of alkyl halides is 1. The molecule has 3 heterocycles. The van der Waals surface area contributed by atoms with Crippen LogP contribution in [0.3, 0.4) is 0 Å². The van der Waals surface area contributed by atoms with Crippen molar-refractivity contribution in [2.45, 2.75) is 50.8 Å². The van der Waals surface area contributed by atoms with Crippen molar-refractivity contribution >= 4 is 46.5 Å². The summed E-state index contributed by atoms with van der Waals surface area (Å²) in [6, 6.07) is 5.49. The third kappa shape index (κ3) is 6.55. The first-order valence-electron chi connectivity index (χ1n) is 12.0. The number of nitrogens with two attached hydrogens (primary N) is 1. The predicted octanol–water partition coefficient (Wildman–Crippen LogP) is 2.34. The van der Waals surface area contributed by atoms with Gasteiger partial charge in [0.15, 0.2) is 24.3 Å². The van der Waals surface area contributed by atoms with Crippen LogP contribution in [0.2, 0.25) is 5.28 Å². The molecule has 1 aliphatic heterocycles. The van der Waals surface area contributed by atoms with E-state index in [1.54, 1.807) is 0 Å². The van der Waals surface area contributed by atoms with Crippen LogP contribution in [0.1, 0.15) is 32.1 Å². The second-order valence-electron chi connectivity index (χ2n) is 8.35. The minimum atomic E-state index is -2.71. The summed E-state index contributed by atoms with van der Waals surface area (Å²) in [7, 11) is 0. The number of ether oxygens (including phenoxy) is 3. The van der Waals surface area contributed by atoms with Gasteiger partial charge in [-0.05, 0) is 29.3 Å². The molecule has 216 valence electrons. The lowest BCUT2D eigenvalue weighted by atomic mass is 9.94. The van der Waals surface area contributed by atoms with Gasteiger partial charge in [-0.1, -0.05) is 26.0 Å². The lowest BCUT2D eigenvalue weighted by molar-refractivity contribution is -0.188. The molecule has 1 aliphatic rings. The van der Waals surface area contributed by atoms with E-state index in [9.17, 15) is 29.0 Å². The van der Waals surface area contributed by atoms with Gasteiger partial charge >= 0.3 is 17.9 Å². The van der Waals surface area contributed by atoms with Crippen molar-refractivity contribution < 1.29 is 48.3 Å². The van der Waals surface area contributed by atoms with E-state index in [-0.39, 0.29) is 40.0 Å². The van der Waals surface area contributed by atoms with Crippen LogP contribution in [0.4, 0.5) is 10.2 Å². The number of carboxylic acids is 3. The summed E-state index contributed by atoms with van der Waals surface area (Å²) in [5.74, 6) is -4.56. The molecule has 0 amide bonds. The van der Waals surface area contributed by atoms with E-state index in [1.807, 2.05) is 13.8 Å². The highest BCUT2D eigenvalue weighted by Crippen LogP contribution is 2.35. The SMILES string of the molecule is CC.Nc1nc(Cl)nc2c1ncn2C1OC(COC(Cc2ccc(OCC(=O)O)cc2)(C(=O)O)C(=O)O)CC1F. The summed E-state index contributed by atoms with van der Waals surface area (Å²) in [5.41, 5.74) is 3.62. The molecule has 3 aromatic rings. The minimum absolute atomic E-state index is 0.0128. The third-order valence-electron chi connectivity index (χ3n) is 5.77. The number of carboxylic acid groups (broad SMARTS) is 3. The summed E-state index contributed by atoms with van der Waals surface area (Å²) in [6.45, 7) is 2.86. The molecule has 1 aromatic carbocycles. The van der Waals surface area contributed by atoms with Crippen LogP contribution in [-0.2, 0) is 30.3 Å². The van der Waals surface area contributed by atoms with Crippen LogP contribution < -0.4 is 10.5 Å². The summed E-state index contributed by atoms with van der Waals surface area (Å²) in [4.78, 5) is 46.6. The molecule has 0 radical (unpaired) electrons. The highest BCUT2D eigenvalue weighted by atomic mass is 35.5. The zero-order valence-corrected chi connectivity index (χ0v) is 22.1. The van der Waals surface area contributed by atoms with E-state index in [4.69, 9.17) is 36.7 Å². The van der Waals surface area contributed by atoms with E-state index in [0.29, 0.717) is 0 Å². The van der Waals surface area contributed by atoms with Gasteiger partial charge in [0.1, 0.15) is 17.4 Å². The van der Waals surface area contributed by atoms with Gasteiger partial charge in [0.2, 0.25) is 5.28 Å². The zero-order valence-electron chi connectivity index (χ0n) is 21.4. The van der Waals surface area contributed by atoms with E-state index < -0.39 is 61.6 Å². The first-order valence-corrected chi connectivity index (χ1v) is 12.4. The average molecular weight is 584 g/mol. The van der Waals surface area contributed by atoms with Crippen molar-refractivity contribution in [2.24, 2.45) is 0 Å². The van der Waals surface area contributed by atoms with Crippen molar-refractivity contribution in [1.29, 1.82) is 0 Å². The lowest BCUT2D eigenvalue weighted by Crippen LogP contribution is -2.52. The molecule has 1 saturated heterocycles. The number of carbonyl (C=O) groups is 3. The normalized spacial score (nSPS) is 18.6. The molecular formula is C24H27ClFN5O9. The first kappa shape index (κ1) is 30.5. The van der Waals surface area contributed by atoms with Crippen LogP contribution in [0, 0.1) is 0 Å². The Labute approximate surface area is 231 Å². The van der Waals surface area contributed by atoms with Crippen molar-refractivity contribution in [3.8, 4) is 5.75 Å². The van der Waals surface area contributed by atoms with Crippen LogP contribution in [0.5, 0.6) is 5.75 Å². The summed E-state index contributed by atoms with van der Waals surface area (Å²) in [6.07, 6.45) is -3.42. The molecule has 5 N–H and O–H groups in total. The smallest absolute Gasteiger partial charge is 0.348 e. The Morgan fingerprint density at radius 2 is 1.82 bits per heavy atom. The molecule has 0 spiro atoms. The fraction of sp³-hybridized carbons (Fsp3) is 0.417. The Morgan fingerprint density at radius 1 is 1.18 bits per heavy atom. The number of halogens is 2. The molecule has 40 heavy (non-hydrogen) atoms. The Balaban J connectivity index is 0.00000216. The number of hydrogen-bond acceptors (Lipinski definition) is 10. The van der Waals surface area contributed by atoms with Crippen LogP contribution in [0.15, 0.2) is 30.6 Å². The van der Waals surface area contributed by atoms with Gasteiger partial charge in [0.05, 0.1) is 19.0 Å². The minimum Gasteiger partial charge on any atom is -0.482 e. The number of anilines is 1. The van der Waals surface area contributed by atoms with Gasteiger partial charge in [-0.25, -0.2) is 23.8 Å². The average Bonchev–Trinajstić information content (AvgIpc) is 3.49. The molecule has 16 heteroatoms. The highest BCUT2D eigenvalue weighted by molar-refractivity contribution is 6.28. The Bertz CT molecular complexity index is 1360. The second kappa shape index (κ2) is 12.8. The number of imidazole rings is 1. The lowest BCUT2D eigenvalue weighted by Gasteiger charge is -2.27. The van der Waals surface area contributed by atoms with Gasteiger partial charge in [0.25, 0.3) is 5.60 Å². The fourth-order valence-electron chi connectivity index (χ4n) is 3.94. The number of nitrogens with zero attached hydrogens (tertiary/aromatic N) is 4. The van der Waals surface area contributed by atoms with Crippen molar-refractivity contribution in [2.75, 3.05) is 18.9 Å². The molecule has 3 unspecified atom stereocenters. The monoisotopic (exact) mass is 583 g/mol. The molecule has 0 bridgehead atoms. The maximum absolute atomic E-state index is 14.9. The third-order valence-corrected chi connectivity index (χ3v) is 5.94. The summed E-state index contributed by atoms with van der Waals surface area (Å²) >= 11 is 5.85. The Kier molecular flexibility index (Phi) is 9.78. The molecule has 1 fully saturated rings. The number of nitrogen functional groups attached to an aromatic ring is 1. The van der Waals surface area contributed by atoms with Gasteiger partial charge in [0, 0.05) is 12.8 Å². The highest BCUT2D eigenvalue weighted by Gasteiger charge is 2.50. The Hall–Kier alpha value is -4.08. The molecular weight excluding hydrogens is 557 g/mol. The van der Waals surface area contributed by atoms with E-state index in [0.717, 1.165) is 0 Å². The number of aliphatic carboxylic acids is 3. The van der Waals surface area contributed by atoms with E-state index in [2.05, 4.69) is 15.0 Å². The first-order chi connectivity index (χ1) is 19.0. The Morgan fingerprint density at radius 3 is 2.42 bits per heavy atom. The van der Waals surface area contributed by atoms with Gasteiger partial charge in [-0.15, -0.1) is 0 Å². The fourth-order valence-corrected chi connectivity index (χ4v) is 4.11. The largest absolute Gasteiger partial charge is 0.482 e. The topological polar surface area (TPSA) is 209 Å². The number of hydrogen-bond donors (Lipinski definition) is 4. The molecule has 2 aromatic heterocycles. The number of benzene rings is 1. The molecule has 4 rings (SSSR count). The van der Waals surface area contributed by atoms with Crippen molar-refractivity contribution in [3.05, 3.63) is 41.4 Å². The van der Waals surface area contributed by atoms with Crippen LogP contribution >= 0.6 is 11.6 Å². The van der Waals surface area contributed by atoms with Gasteiger partial charge in [-0.3, -0.25) is 4.57 Å². The number of aromatic nitrogens is 4.